The molecule has 1 amide bonds. The number of rotatable bonds is 4. The van der Waals surface area contributed by atoms with E-state index >= 15 is 0 Å². The number of aromatic nitrogens is 2. The standard InChI is InChI=1S/C19H32N6O3.HI/c1-5-20-18(21-13-15-22-17(28-23-15)19(2,3)4)25-10-8-24(9-11-25)16(26)14-7-6-12-27-14;/h14H,5-13H2,1-4H3,(H,20,21);1H. The van der Waals surface area contributed by atoms with Crippen LogP contribution in [0, 0.1) is 0 Å². The van der Waals surface area contributed by atoms with Gasteiger partial charge < -0.3 is 24.4 Å². The largest absolute Gasteiger partial charge is 0.368 e. The van der Waals surface area contributed by atoms with Crippen molar-refractivity contribution in [2.24, 2.45) is 4.99 Å². The first-order valence-corrected chi connectivity index (χ1v) is 10.1. The van der Waals surface area contributed by atoms with Gasteiger partial charge in [0.15, 0.2) is 11.8 Å². The average molecular weight is 520 g/mol. The highest BCUT2D eigenvalue weighted by Gasteiger charge is 2.31. The van der Waals surface area contributed by atoms with Crippen LogP contribution in [0.2, 0.25) is 0 Å². The molecule has 10 heteroatoms. The SMILES string of the molecule is CCNC(=NCc1noc(C(C)(C)C)n1)N1CCN(C(=O)C2CCCO2)CC1.I. The third-order valence-electron chi connectivity index (χ3n) is 4.91. The Bertz CT molecular complexity index is 688. The number of nitrogens with one attached hydrogen (secondary N) is 1. The van der Waals surface area contributed by atoms with Crippen molar-refractivity contribution in [2.45, 2.75) is 58.6 Å². The van der Waals surface area contributed by atoms with E-state index in [1.807, 2.05) is 32.6 Å². The Morgan fingerprint density at radius 3 is 2.48 bits per heavy atom. The van der Waals surface area contributed by atoms with Crippen LogP contribution in [-0.2, 0) is 21.5 Å². The van der Waals surface area contributed by atoms with Gasteiger partial charge in [-0.2, -0.15) is 4.98 Å². The zero-order chi connectivity index (χ0) is 20.1. The fraction of sp³-hybridized carbons (Fsp3) is 0.789. The Hall–Kier alpha value is -1.43. The number of amides is 1. The number of nitrogens with zero attached hydrogens (tertiary/aromatic N) is 5. The normalized spacial score (nSPS) is 20.6. The van der Waals surface area contributed by atoms with Gasteiger partial charge in [-0.1, -0.05) is 25.9 Å². The predicted octanol–water partition coefficient (Wildman–Crippen LogP) is 1.77. The van der Waals surface area contributed by atoms with E-state index in [4.69, 9.17) is 9.26 Å². The number of carbonyl (C=O) groups is 1. The highest BCUT2D eigenvalue weighted by atomic mass is 127. The fourth-order valence-electron chi connectivity index (χ4n) is 3.31. The van der Waals surface area contributed by atoms with Gasteiger partial charge in [0.2, 0.25) is 5.89 Å². The van der Waals surface area contributed by atoms with E-state index in [0.717, 1.165) is 38.4 Å². The van der Waals surface area contributed by atoms with Gasteiger partial charge in [-0.15, -0.1) is 24.0 Å². The number of hydrogen-bond donors (Lipinski definition) is 1. The number of ether oxygens (including phenoxy) is 1. The molecule has 9 nitrogen and oxygen atoms in total. The Morgan fingerprint density at radius 2 is 1.93 bits per heavy atom. The molecule has 2 aliphatic heterocycles. The Balaban J connectivity index is 0.00000300. The molecule has 0 bridgehead atoms. The number of halogens is 1. The minimum atomic E-state index is -0.247. The van der Waals surface area contributed by atoms with Crippen LogP contribution < -0.4 is 5.32 Å². The second kappa shape index (κ2) is 10.6. The predicted molar refractivity (Wildman–Crippen MR) is 120 cm³/mol. The second-order valence-electron chi connectivity index (χ2n) is 8.25. The van der Waals surface area contributed by atoms with Gasteiger partial charge in [0.25, 0.3) is 5.91 Å². The number of hydrogen-bond acceptors (Lipinski definition) is 6. The molecule has 1 aromatic heterocycles. The Labute approximate surface area is 189 Å². The molecule has 1 N–H and O–H groups in total. The van der Waals surface area contributed by atoms with Crippen molar-refractivity contribution in [1.82, 2.24) is 25.3 Å². The van der Waals surface area contributed by atoms with Gasteiger partial charge in [-0.05, 0) is 19.8 Å². The van der Waals surface area contributed by atoms with E-state index in [2.05, 4.69) is 25.3 Å². The second-order valence-corrected chi connectivity index (χ2v) is 8.25. The fourth-order valence-corrected chi connectivity index (χ4v) is 3.31. The summed E-state index contributed by atoms with van der Waals surface area (Å²) in [5.41, 5.74) is -0.175. The van der Waals surface area contributed by atoms with E-state index in [-0.39, 0.29) is 41.4 Å². The zero-order valence-electron chi connectivity index (χ0n) is 17.8. The van der Waals surface area contributed by atoms with Crippen LogP contribution in [0.5, 0.6) is 0 Å². The third kappa shape index (κ3) is 6.27. The highest BCUT2D eigenvalue weighted by molar-refractivity contribution is 14.0. The highest BCUT2D eigenvalue weighted by Crippen LogP contribution is 2.20. The molecule has 1 aromatic rings. The zero-order valence-corrected chi connectivity index (χ0v) is 20.1. The van der Waals surface area contributed by atoms with Gasteiger partial charge in [0.05, 0.1) is 0 Å². The van der Waals surface area contributed by atoms with Crippen LogP contribution in [0.4, 0.5) is 0 Å². The minimum Gasteiger partial charge on any atom is -0.368 e. The smallest absolute Gasteiger partial charge is 0.251 e. The van der Waals surface area contributed by atoms with E-state index < -0.39 is 0 Å². The Kier molecular flexibility index (Phi) is 8.68. The molecule has 2 fully saturated rings. The van der Waals surface area contributed by atoms with Crippen molar-refractivity contribution in [3.8, 4) is 0 Å². The van der Waals surface area contributed by atoms with Crippen molar-refractivity contribution in [2.75, 3.05) is 39.3 Å². The topological polar surface area (TPSA) is 96.1 Å². The van der Waals surface area contributed by atoms with Crippen LogP contribution in [0.15, 0.2) is 9.52 Å². The molecule has 0 radical (unpaired) electrons. The van der Waals surface area contributed by atoms with Gasteiger partial charge in [0.1, 0.15) is 12.6 Å². The number of piperazine rings is 1. The summed E-state index contributed by atoms with van der Waals surface area (Å²) >= 11 is 0. The van der Waals surface area contributed by atoms with Gasteiger partial charge in [0, 0.05) is 44.7 Å². The molecule has 1 atom stereocenters. The summed E-state index contributed by atoms with van der Waals surface area (Å²) in [6.07, 6.45) is 1.56. The number of guanidine groups is 1. The van der Waals surface area contributed by atoms with Crippen molar-refractivity contribution >= 4 is 35.8 Å². The van der Waals surface area contributed by atoms with Crippen LogP contribution in [-0.4, -0.2) is 77.2 Å². The molecule has 29 heavy (non-hydrogen) atoms. The summed E-state index contributed by atoms with van der Waals surface area (Å²) in [7, 11) is 0. The van der Waals surface area contributed by atoms with Gasteiger partial charge in [-0.25, -0.2) is 4.99 Å². The van der Waals surface area contributed by atoms with Crippen molar-refractivity contribution in [3.05, 3.63) is 11.7 Å². The molecule has 164 valence electrons. The molecule has 3 rings (SSSR count). The lowest BCUT2D eigenvalue weighted by atomic mass is 9.97. The maximum Gasteiger partial charge on any atom is 0.251 e. The van der Waals surface area contributed by atoms with E-state index in [1.54, 1.807) is 0 Å². The van der Waals surface area contributed by atoms with Crippen LogP contribution >= 0.6 is 24.0 Å². The molecule has 3 heterocycles. The lowest BCUT2D eigenvalue weighted by molar-refractivity contribution is -0.142. The molecular formula is C19H33IN6O3. The number of aliphatic imine (C=N–C) groups is 1. The summed E-state index contributed by atoms with van der Waals surface area (Å²) in [4.78, 5) is 25.7. The third-order valence-corrected chi connectivity index (χ3v) is 4.91. The molecule has 2 saturated heterocycles. The maximum atomic E-state index is 12.5. The Morgan fingerprint density at radius 1 is 1.24 bits per heavy atom. The van der Waals surface area contributed by atoms with Crippen molar-refractivity contribution < 1.29 is 14.1 Å². The molecule has 0 aromatic carbocycles. The van der Waals surface area contributed by atoms with E-state index in [0.29, 0.717) is 38.0 Å². The maximum absolute atomic E-state index is 12.5. The monoisotopic (exact) mass is 520 g/mol. The summed E-state index contributed by atoms with van der Waals surface area (Å²) in [5.74, 6) is 2.13. The summed E-state index contributed by atoms with van der Waals surface area (Å²) in [5, 5.41) is 7.35. The molecular weight excluding hydrogens is 487 g/mol. The van der Waals surface area contributed by atoms with Crippen LogP contribution in [0.1, 0.15) is 52.3 Å². The summed E-state index contributed by atoms with van der Waals surface area (Å²) in [6, 6.07) is 0. The molecule has 0 aliphatic carbocycles. The minimum absolute atomic E-state index is 0. The number of carbonyl (C=O) groups excluding carboxylic acids is 1. The molecule has 0 spiro atoms. The van der Waals surface area contributed by atoms with Gasteiger partial charge >= 0.3 is 0 Å². The van der Waals surface area contributed by atoms with Crippen LogP contribution in [0.25, 0.3) is 0 Å². The molecule has 0 saturated carbocycles. The first-order chi connectivity index (χ1) is 13.4. The molecule has 1 unspecified atom stereocenters. The van der Waals surface area contributed by atoms with Crippen molar-refractivity contribution in [1.29, 1.82) is 0 Å². The van der Waals surface area contributed by atoms with E-state index in [9.17, 15) is 4.79 Å². The lowest BCUT2D eigenvalue weighted by Gasteiger charge is -2.37. The average Bonchev–Trinajstić information content (AvgIpc) is 3.36. The lowest BCUT2D eigenvalue weighted by Crippen LogP contribution is -2.55. The van der Waals surface area contributed by atoms with Gasteiger partial charge in [-0.3, -0.25) is 4.79 Å². The van der Waals surface area contributed by atoms with Crippen LogP contribution in [0.3, 0.4) is 0 Å². The first kappa shape index (κ1) is 23.8. The summed E-state index contributed by atoms with van der Waals surface area (Å²) < 4.78 is 10.9. The van der Waals surface area contributed by atoms with Crippen molar-refractivity contribution in [3.63, 3.8) is 0 Å². The molecule has 2 aliphatic rings. The van der Waals surface area contributed by atoms with E-state index in [1.165, 1.54) is 0 Å². The quantitative estimate of drug-likeness (QED) is 0.367. The first-order valence-electron chi connectivity index (χ1n) is 10.1. The summed E-state index contributed by atoms with van der Waals surface area (Å²) in [6.45, 7) is 12.8.